The van der Waals surface area contributed by atoms with Gasteiger partial charge in [-0.3, -0.25) is 0 Å². The van der Waals surface area contributed by atoms with Crippen molar-refractivity contribution in [3.63, 3.8) is 0 Å². The largest absolute Gasteiger partial charge is 0.419 e. The van der Waals surface area contributed by atoms with E-state index in [9.17, 15) is 22.7 Å². The summed E-state index contributed by atoms with van der Waals surface area (Å²) in [5.74, 6) is -1.35. The van der Waals surface area contributed by atoms with Crippen molar-refractivity contribution in [3.8, 4) is 0 Å². The number of rotatable bonds is 3. The topological polar surface area (TPSA) is 32.3 Å². The number of aliphatic hydroxyl groups is 1. The lowest BCUT2D eigenvalue weighted by Gasteiger charge is -2.30. The van der Waals surface area contributed by atoms with Crippen molar-refractivity contribution in [2.75, 3.05) is 6.54 Å². The first kappa shape index (κ1) is 16.9. The molecule has 0 heterocycles. The molecule has 1 aromatic rings. The Balaban J connectivity index is 3.07. The highest BCUT2D eigenvalue weighted by Crippen LogP contribution is 2.34. The molecule has 0 aromatic heterocycles. The van der Waals surface area contributed by atoms with Crippen LogP contribution < -0.4 is 5.32 Å². The van der Waals surface area contributed by atoms with Crippen molar-refractivity contribution in [1.82, 2.24) is 5.32 Å². The molecule has 0 bridgehead atoms. The molecular formula is C14H19F4NO. The van der Waals surface area contributed by atoms with Crippen LogP contribution in [0.4, 0.5) is 17.6 Å². The number of hydrogen-bond donors (Lipinski definition) is 2. The van der Waals surface area contributed by atoms with E-state index in [0.717, 1.165) is 12.1 Å². The summed E-state index contributed by atoms with van der Waals surface area (Å²) < 4.78 is 51.2. The highest BCUT2D eigenvalue weighted by Gasteiger charge is 2.36. The molecule has 0 fully saturated rings. The second-order valence-electron chi connectivity index (χ2n) is 6.07. The minimum atomic E-state index is -4.78. The Morgan fingerprint density at radius 1 is 1.10 bits per heavy atom. The summed E-state index contributed by atoms with van der Waals surface area (Å²) in [6.07, 6.45) is -4.78. The molecule has 0 saturated heterocycles. The summed E-state index contributed by atoms with van der Waals surface area (Å²) in [4.78, 5) is 0. The van der Waals surface area contributed by atoms with Crippen LogP contribution in [0.25, 0.3) is 0 Å². The third kappa shape index (κ3) is 4.45. The summed E-state index contributed by atoms with van der Waals surface area (Å²) in [6.45, 7) is 7.05. The minimum Gasteiger partial charge on any atom is -0.384 e. The first-order valence-electron chi connectivity index (χ1n) is 6.17. The number of halogens is 4. The van der Waals surface area contributed by atoms with Gasteiger partial charge < -0.3 is 10.4 Å². The SMILES string of the molecule is CC(C)(C)NCC(C)(O)c1ccc(F)c(C(F)(F)F)c1. The lowest BCUT2D eigenvalue weighted by molar-refractivity contribution is -0.140. The fourth-order valence-corrected chi connectivity index (χ4v) is 1.62. The molecule has 0 saturated carbocycles. The van der Waals surface area contributed by atoms with Gasteiger partial charge in [0.1, 0.15) is 5.82 Å². The molecule has 0 aliphatic heterocycles. The fraction of sp³-hybridized carbons (Fsp3) is 0.571. The van der Waals surface area contributed by atoms with Gasteiger partial charge in [0.2, 0.25) is 0 Å². The van der Waals surface area contributed by atoms with Gasteiger partial charge in [-0.1, -0.05) is 6.07 Å². The summed E-state index contributed by atoms with van der Waals surface area (Å²) >= 11 is 0. The zero-order chi connectivity index (χ0) is 15.8. The second-order valence-corrected chi connectivity index (χ2v) is 6.07. The van der Waals surface area contributed by atoms with Gasteiger partial charge in [0.15, 0.2) is 0 Å². The lowest BCUT2D eigenvalue weighted by Crippen LogP contribution is -2.44. The Bertz CT molecular complexity index is 475. The Hall–Kier alpha value is -1.14. The molecule has 1 aromatic carbocycles. The number of alkyl halides is 3. The van der Waals surface area contributed by atoms with Crippen LogP contribution in [0.1, 0.15) is 38.8 Å². The van der Waals surface area contributed by atoms with Gasteiger partial charge in [0, 0.05) is 12.1 Å². The van der Waals surface area contributed by atoms with Crippen LogP contribution in [-0.2, 0) is 11.8 Å². The highest BCUT2D eigenvalue weighted by atomic mass is 19.4. The van der Waals surface area contributed by atoms with Crippen LogP contribution in [0.3, 0.4) is 0 Å². The average molecular weight is 293 g/mol. The second kappa shape index (κ2) is 5.33. The van der Waals surface area contributed by atoms with Crippen molar-refractivity contribution in [1.29, 1.82) is 0 Å². The maximum absolute atomic E-state index is 13.2. The first-order valence-corrected chi connectivity index (χ1v) is 6.17. The van der Waals surface area contributed by atoms with Gasteiger partial charge in [-0.05, 0) is 45.4 Å². The number of nitrogens with one attached hydrogen (secondary N) is 1. The van der Waals surface area contributed by atoms with Crippen molar-refractivity contribution in [3.05, 3.63) is 35.1 Å². The third-order valence-corrected chi connectivity index (χ3v) is 2.86. The number of β-amino-alcohol motifs (C(OH)–C–C–N with tert-alkyl or cyclic N) is 1. The molecule has 20 heavy (non-hydrogen) atoms. The fourth-order valence-electron chi connectivity index (χ4n) is 1.62. The van der Waals surface area contributed by atoms with Gasteiger partial charge in [0.25, 0.3) is 0 Å². The summed E-state index contributed by atoms with van der Waals surface area (Å²) in [5.41, 5.74) is -3.17. The van der Waals surface area contributed by atoms with E-state index < -0.39 is 23.2 Å². The predicted molar refractivity (Wildman–Crippen MR) is 68.7 cm³/mol. The molecule has 0 aliphatic rings. The molecule has 0 radical (unpaired) electrons. The molecule has 114 valence electrons. The zero-order valence-electron chi connectivity index (χ0n) is 11.9. The van der Waals surface area contributed by atoms with Crippen LogP contribution in [-0.4, -0.2) is 17.2 Å². The van der Waals surface area contributed by atoms with Crippen LogP contribution >= 0.6 is 0 Å². The molecule has 0 aliphatic carbocycles. The molecule has 1 atom stereocenters. The van der Waals surface area contributed by atoms with E-state index in [1.54, 1.807) is 0 Å². The Kier molecular flexibility index (Phi) is 4.51. The Morgan fingerprint density at radius 2 is 1.65 bits per heavy atom. The van der Waals surface area contributed by atoms with E-state index >= 15 is 0 Å². The van der Waals surface area contributed by atoms with Gasteiger partial charge >= 0.3 is 6.18 Å². The monoisotopic (exact) mass is 293 g/mol. The first-order chi connectivity index (χ1) is 8.83. The summed E-state index contributed by atoms with van der Waals surface area (Å²) in [6, 6.07) is 2.54. The highest BCUT2D eigenvalue weighted by molar-refractivity contribution is 5.31. The van der Waals surface area contributed by atoms with Crippen LogP contribution in [0.5, 0.6) is 0 Å². The van der Waals surface area contributed by atoms with Gasteiger partial charge in [-0.15, -0.1) is 0 Å². The van der Waals surface area contributed by atoms with Gasteiger partial charge in [-0.25, -0.2) is 4.39 Å². The van der Waals surface area contributed by atoms with E-state index in [0.29, 0.717) is 6.07 Å². The number of benzene rings is 1. The smallest absolute Gasteiger partial charge is 0.384 e. The van der Waals surface area contributed by atoms with Crippen molar-refractivity contribution < 1.29 is 22.7 Å². The normalized spacial score (nSPS) is 16.1. The Labute approximate surface area is 115 Å². The Morgan fingerprint density at radius 3 is 2.10 bits per heavy atom. The molecular weight excluding hydrogens is 274 g/mol. The maximum Gasteiger partial charge on any atom is 0.419 e. The van der Waals surface area contributed by atoms with Crippen LogP contribution in [0.15, 0.2) is 18.2 Å². The van der Waals surface area contributed by atoms with Crippen molar-refractivity contribution in [2.24, 2.45) is 0 Å². The van der Waals surface area contributed by atoms with E-state index in [1.165, 1.54) is 6.92 Å². The van der Waals surface area contributed by atoms with Crippen molar-refractivity contribution >= 4 is 0 Å². The van der Waals surface area contributed by atoms with E-state index in [-0.39, 0.29) is 17.6 Å². The quantitative estimate of drug-likeness (QED) is 0.837. The van der Waals surface area contributed by atoms with Crippen molar-refractivity contribution in [2.45, 2.75) is 45.0 Å². The molecule has 2 N–H and O–H groups in total. The maximum atomic E-state index is 13.2. The minimum absolute atomic E-state index is 0.0166. The van der Waals surface area contributed by atoms with E-state index in [1.807, 2.05) is 20.8 Å². The summed E-state index contributed by atoms with van der Waals surface area (Å²) in [5, 5.41) is 13.3. The van der Waals surface area contributed by atoms with E-state index in [4.69, 9.17) is 0 Å². The van der Waals surface area contributed by atoms with Gasteiger partial charge in [-0.2, -0.15) is 13.2 Å². The molecule has 2 nitrogen and oxygen atoms in total. The predicted octanol–water partition coefficient (Wildman–Crippen LogP) is 3.44. The van der Waals surface area contributed by atoms with Crippen LogP contribution in [0, 0.1) is 5.82 Å². The average Bonchev–Trinajstić information content (AvgIpc) is 2.24. The zero-order valence-corrected chi connectivity index (χ0v) is 11.9. The lowest BCUT2D eigenvalue weighted by atomic mass is 9.93. The molecule has 0 spiro atoms. The van der Waals surface area contributed by atoms with Gasteiger partial charge in [0.05, 0.1) is 11.2 Å². The van der Waals surface area contributed by atoms with Crippen LogP contribution in [0.2, 0.25) is 0 Å². The molecule has 0 amide bonds. The standard InChI is InChI=1S/C14H19F4NO/c1-12(2,3)19-8-13(4,20)9-5-6-11(15)10(7-9)14(16,17)18/h5-7,19-20H,8H2,1-4H3. The summed E-state index contributed by atoms with van der Waals surface area (Å²) in [7, 11) is 0. The third-order valence-electron chi connectivity index (χ3n) is 2.86. The molecule has 1 rings (SSSR count). The van der Waals surface area contributed by atoms with E-state index in [2.05, 4.69) is 5.32 Å². The number of hydrogen-bond acceptors (Lipinski definition) is 2. The molecule has 6 heteroatoms. The molecule has 1 unspecified atom stereocenters.